The highest BCUT2D eigenvalue weighted by molar-refractivity contribution is 6.17. The molecule has 338 valence electrons. The molecule has 0 unspecified atom stereocenters. The number of hydrogen-bond donors (Lipinski definition) is 0. The number of para-hydroxylation sites is 1. The zero-order valence-corrected chi connectivity index (χ0v) is 39.5. The first-order chi connectivity index (χ1) is 35.7. The maximum Gasteiger partial charge on any atom is 0.145 e. The first kappa shape index (κ1) is 42.6. The zero-order valence-electron chi connectivity index (χ0n) is 39.5. The van der Waals surface area contributed by atoms with Crippen LogP contribution < -0.4 is 4.90 Å². The normalized spacial score (nSPS) is 11.3. The second kappa shape index (κ2) is 18.4. The van der Waals surface area contributed by atoms with Gasteiger partial charge in [0, 0.05) is 22.3 Å². The monoisotopic (exact) mass is 917 g/mol. The van der Waals surface area contributed by atoms with Gasteiger partial charge < -0.3 is 9.32 Å². The summed E-state index contributed by atoms with van der Waals surface area (Å²) in [7, 11) is 0. The van der Waals surface area contributed by atoms with Crippen LogP contribution in [0.3, 0.4) is 0 Å². The number of anilines is 3. The van der Waals surface area contributed by atoms with E-state index in [0.29, 0.717) is 0 Å². The summed E-state index contributed by atoms with van der Waals surface area (Å²) in [4.78, 5) is 2.39. The molecule has 2 heteroatoms. The molecule has 0 N–H and O–H groups in total. The fourth-order valence-electron chi connectivity index (χ4n) is 10.5. The average molecular weight is 918 g/mol. The molecule has 1 heterocycles. The molecule has 0 fully saturated rings. The van der Waals surface area contributed by atoms with Gasteiger partial charge in [-0.1, -0.05) is 218 Å². The molecule has 0 saturated heterocycles. The SMILES string of the molecule is c1ccc(-c2cc(-c3ccccc3)cc(-c3ccccc3-c3ccc(N(c4ccc(-c5ccc(-c6ccc7ccccc7c6)cc5)cc4)c4ccc(-c5ccccc5)c5oc6ccccc6c45)cc3)c2)cc1. The lowest BCUT2D eigenvalue weighted by atomic mass is 9.89. The summed E-state index contributed by atoms with van der Waals surface area (Å²) < 4.78 is 6.82. The van der Waals surface area contributed by atoms with Crippen molar-refractivity contribution in [3.8, 4) is 77.9 Å². The molecule has 0 aliphatic heterocycles. The summed E-state index contributed by atoms with van der Waals surface area (Å²) in [5.41, 5.74) is 21.2. The molecule has 0 aliphatic rings. The van der Waals surface area contributed by atoms with E-state index in [1.165, 1.54) is 66.4 Å². The summed E-state index contributed by atoms with van der Waals surface area (Å²) in [5.74, 6) is 0. The van der Waals surface area contributed by atoms with E-state index in [0.717, 1.165) is 61.3 Å². The molecule has 13 aromatic rings. The van der Waals surface area contributed by atoms with Crippen molar-refractivity contribution < 1.29 is 4.42 Å². The molecule has 0 saturated carbocycles. The Labute approximate surface area is 420 Å². The highest BCUT2D eigenvalue weighted by Gasteiger charge is 2.23. The lowest BCUT2D eigenvalue weighted by Crippen LogP contribution is -2.10. The second-order valence-electron chi connectivity index (χ2n) is 18.4. The molecule has 12 aromatic carbocycles. The van der Waals surface area contributed by atoms with Crippen LogP contribution in [-0.4, -0.2) is 0 Å². The molecule has 0 aliphatic carbocycles. The van der Waals surface area contributed by atoms with Gasteiger partial charge in [-0.15, -0.1) is 0 Å². The Balaban J connectivity index is 0.917. The van der Waals surface area contributed by atoms with Gasteiger partial charge in [0.2, 0.25) is 0 Å². The van der Waals surface area contributed by atoms with Crippen molar-refractivity contribution in [3.63, 3.8) is 0 Å². The Morgan fingerprint density at radius 2 is 0.681 bits per heavy atom. The number of hydrogen-bond acceptors (Lipinski definition) is 2. The molecule has 0 atom stereocenters. The summed E-state index contributed by atoms with van der Waals surface area (Å²) in [6.45, 7) is 0. The van der Waals surface area contributed by atoms with Gasteiger partial charge in [0.25, 0.3) is 0 Å². The Bertz CT molecular complexity index is 3990. The number of benzene rings is 12. The fraction of sp³-hybridized carbons (Fsp3) is 0. The fourth-order valence-corrected chi connectivity index (χ4v) is 10.5. The van der Waals surface area contributed by atoms with Crippen LogP contribution in [-0.2, 0) is 0 Å². The summed E-state index contributed by atoms with van der Waals surface area (Å²) in [6, 6.07) is 103. The number of rotatable bonds is 10. The van der Waals surface area contributed by atoms with Crippen LogP contribution in [0.1, 0.15) is 0 Å². The van der Waals surface area contributed by atoms with E-state index in [4.69, 9.17) is 4.42 Å². The van der Waals surface area contributed by atoms with Gasteiger partial charge in [-0.3, -0.25) is 0 Å². The van der Waals surface area contributed by atoms with E-state index in [1.807, 2.05) is 6.07 Å². The van der Waals surface area contributed by atoms with Gasteiger partial charge in [0.15, 0.2) is 0 Å². The molecule has 0 spiro atoms. The van der Waals surface area contributed by atoms with Crippen molar-refractivity contribution in [3.05, 3.63) is 285 Å². The molecule has 0 radical (unpaired) electrons. The lowest BCUT2D eigenvalue weighted by molar-refractivity contribution is 0.670. The van der Waals surface area contributed by atoms with E-state index >= 15 is 0 Å². The van der Waals surface area contributed by atoms with Crippen molar-refractivity contribution in [2.75, 3.05) is 4.90 Å². The van der Waals surface area contributed by atoms with Crippen LogP contribution in [0.25, 0.3) is 111 Å². The Morgan fingerprint density at radius 3 is 1.31 bits per heavy atom. The first-order valence-corrected chi connectivity index (χ1v) is 24.6. The maximum atomic E-state index is 6.82. The maximum absolute atomic E-state index is 6.82. The molecule has 0 bridgehead atoms. The number of nitrogens with zero attached hydrogens (tertiary/aromatic N) is 1. The van der Waals surface area contributed by atoms with E-state index in [-0.39, 0.29) is 0 Å². The number of fused-ring (bicyclic) bond motifs is 4. The van der Waals surface area contributed by atoms with Crippen LogP contribution in [0.2, 0.25) is 0 Å². The van der Waals surface area contributed by atoms with Gasteiger partial charge in [-0.05, 0) is 150 Å². The van der Waals surface area contributed by atoms with Crippen LogP contribution in [0.4, 0.5) is 17.1 Å². The van der Waals surface area contributed by atoms with Crippen molar-refractivity contribution in [2.45, 2.75) is 0 Å². The van der Waals surface area contributed by atoms with Crippen molar-refractivity contribution in [1.29, 1.82) is 0 Å². The Morgan fingerprint density at radius 1 is 0.250 bits per heavy atom. The third-order valence-corrected chi connectivity index (χ3v) is 14.1. The Kier molecular flexibility index (Phi) is 10.9. The van der Waals surface area contributed by atoms with Crippen molar-refractivity contribution in [1.82, 2.24) is 0 Å². The topological polar surface area (TPSA) is 16.4 Å². The quantitative estimate of drug-likeness (QED) is 0.136. The van der Waals surface area contributed by atoms with E-state index in [9.17, 15) is 0 Å². The lowest BCUT2D eigenvalue weighted by Gasteiger charge is -2.27. The van der Waals surface area contributed by atoms with Crippen LogP contribution in [0.15, 0.2) is 290 Å². The molecule has 1 aromatic heterocycles. The van der Waals surface area contributed by atoms with Crippen molar-refractivity contribution >= 4 is 49.8 Å². The van der Waals surface area contributed by atoms with Crippen molar-refractivity contribution in [2.24, 2.45) is 0 Å². The van der Waals surface area contributed by atoms with E-state index < -0.39 is 0 Å². The zero-order chi connectivity index (χ0) is 47.8. The molecular weight excluding hydrogens is 871 g/mol. The van der Waals surface area contributed by atoms with Crippen LogP contribution in [0, 0.1) is 0 Å². The third kappa shape index (κ3) is 8.01. The standard InChI is InChI=1S/C70H47NO/c1-4-16-48(17-5-1)58-45-59(49-18-6-2-7-19-49)47-60(46-58)64-25-13-12-24-63(64)55-36-40-62(41-37-55)71(67-43-42-65(54-21-8-3-9-22-54)70-69(67)66-26-14-15-27-68(66)72-70)61-38-34-52(35-39-61)51-28-30-53(31-29-51)57-33-32-50-20-10-11-23-56(50)44-57/h1-47H. The van der Waals surface area contributed by atoms with E-state index in [2.05, 4.69) is 284 Å². The summed E-state index contributed by atoms with van der Waals surface area (Å²) >= 11 is 0. The van der Waals surface area contributed by atoms with E-state index in [1.54, 1.807) is 0 Å². The van der Waals surface area contributed by atoms with Gasteiger partial charge in [-0.2, -0.15) is 0 Å². The molecule has 72 heavy (non-hydrogen) atoms. The third-order valence-electron chi connectivity index (χ3n) is 14.1. The summed E-state index contributed by atoms with van der Waals surface area (Å²) in [5, 5.41) is 4.64. The smallest absolute Gasteiger partial charge is 0.145 e. The predicted octanol–water partition coefficient (Wildman–Crippen LogP) is 19.9. The molecular formula is C70H47NO. The predicted molar refractivity (Wildman–Crippen MR) is 304 cm³/mol. The van der Waals surface area contributed by atoms with Crippen LogP contribution >= 0.6 is 0 Å². The molecule has 13 rings (SSSR count). The second-order valence-corrected chi connectivity index (χ2v) is 18.4. The number of furan rings is 1. The minimum Gasteiger partial charge on any atom is -0.455 e. The molecule has 0 amide bonds. The average Bonchev–Trinajstić information content (AvgIpc) is 3.86. The highest BCUT2D eigenvalue weighted by atomic mass is 16.3. The largest absolute Gasteiger partial charge is 0.455 e. The minimum atomic E-state index is 0.860. The molecule has 2 nitrogen and oxygen atoms in total. The van der Waals surface area contributed by atoms with Gasteiger partial charge in [-0.25, -0.2) is 0 Å². The van der Waals surface area contributed by atoms with Gasteiger partial charge >= 0.3 is 0 Å². The van der Waals surface area contributed by atoms with Gasteiger partial charge in [0.05, 0.1) is 11.1 Å². The summed E-state index contributed by atoms with van der Waals surface area (Å²) in [6.07, 6.45) is 0. The Hall–Kier alpha value is -9.50. The highest BCUT2D eigenvalue weighted by Crippen LogP contribution is 2.47. The first-order valence-electron chi connectivity index (χ1n) is 24.6. The minimum absolute atomic E-state index is 0.860. The van der Waals surface area contributed by atoms with Crippen LogP contribution in [0.5, 0.6) is 0 Å². The van der Waals surface area contributed by atoms with Gasteiger partial charge in [0.1, 0.15) is 11.2 Å².